The molecule has 0 atom stereocenters. The molecule has 0 aliphatic rings. The fourth-order valence-electron chi connectivity index (χ4n) is 4.22. The van der Waals surface area contributed by atoms with Crippen LogP contribution in [-0.4, -0.2) is 24.9 Å². The van der Waals surface area contributed by atoms with E-state index < -0.39 is 11.7 Å². The van der Waals surface area contributed by atoms with Gasteiger partial charge in [-0.05, 0) is 43.3 Å². The highest BCUT2D eigenvalue weighted by molar-refractivity contribution is 5.80. The zero-order valence-electron chi connectivity index (χ0n) is 20.5. The summed E-state index contributed by atoms with van der Waals surface area (Å²) in [6, 6.07) is 23.7. The van der Waals surface area contributed by atoms with Gasteiger partial charge in [0.1, 0.15) is 17.2 Å². The van der Waals surface area contributed by atoms with Crippen molar-refractivity contribution < 1.29 is 17.9 Å². The molecule has 0 saturated heterocycles. The first kappa shape index (κ1) is 24.2. The van der Waals surface area contributed by atoms with Crippen molar-refractivity contribution in [1.82, 2.24) is 24.9 Å². The Kier molecular flexibility index (Phi) is 5.99. The van der Waals surface area contributed by atoms with Crippen LogP contribution >= 0.6 is 0 Å². The van der Waals surface area contributed by atoms with E-state index in [9.17, 15) is 13.2 Å². The predicted molar refractivity (Wildman–Crippen MR) is 143 cm³/mol. The summed E-state index contributed by atoms with van der Waals surface area (Å²) in [5, 5.41) is 2.89. The van der Waals surface area contributed by atoms with Gasteiger partial charge >= 0.3 is 6.18 Å². The first-order valence-corrected chi connectivity index (χ1v) is 12.0. The van der Waals surface area contributed by atoms with Gasteiger partial charge in [0.2, 0.25) is 5.95 Å². The monoisotopic (exact) mass is 526 g/mol. The molecule has 0 aliphatic carbocycles. The number of hydrogen-bond donors (Lipinski definition) is 3. The van der Waals surface area contributed by atoms with E-state index in [4.69, 9.17) is 9.72 Å². The van der Waals surface area contributed by atoms with Gasteiger partial charge in [-0.1, -0.05) is 36.4 Å². The van der Waals surface area contributed by atoms with Gasteiger partial charge in [-0.3, -0.25) is 4.98 Å². The Morgan fingerprint density at radius 1 is 0.821 bits per heavy atom. The maximum absolute atomic E-state index is 13.0. The van der Waals surface area contributed by atoms with Crippen molar-refractivity contribution in [3.8, 4) is 34.3 Å². The van der Waals surface area contributed by atoms with Crippen LogP contribution in [0.5, 0.6) is 11.5 Å². The minimum absolute atomic E-state index is 0.272. The number of halogens is 3. The highest BCUT2D eigenvalue weighted by Crippen LogP contribution is 2.32. The van der Waals surface area contributed by atoms with E-state index in [1.54, 1.807) is 42.6 Å². The summed E-state index contributed by atoms with van der Waals surface area (Å²) >= 11 is 0. The predicted octanol–water partition coefficient (Wildman–Crippen LogP) is 7.88. The Morgan fingerprint density at radius 2 is 1.64 bits per heavy atom. The van der Waals surface area contributed by atoms with Gasteiger partial charge in [-0.25, -0.2) is 9.97 Å². The molecule has 194 valence electrons. The van der Waals surface area contributed by atoms with Crippen LogP contribution in [0.4, 0.5) is 24.8 Å². The van der Waals surface area contributed by atoms with E-state index in [2.05, 4.69) is 25.3 Å². The van der Waals surface area contributed by atoms with Crippen LogP contribution in [-0.2, 0) is 6.18 Å². The second kappa shape index (κ2) is 9.64. The van der Waals surface area contributed by atoms with Crippen LogP contribution in [0.3, 0.4) is 0 Å². The van der Waals surface area contributed by atoms with Gasteiger partial charge in [0.05, 0.1) is 22.3 Å². The zero-order valence-corrected chi connectivity index (χ0v) is 20.5. The van der Waals surface area contributed by atoms with Crippen molar-refractivity contribution in [2.75, 3.05) is 5.32 Å². The molecule has 3 aromatic carbocycles. The minimum Gasteiger partial charge on any atom is -0.457 e. The number of anilines is 2. The molecular formula is C29H21F3N6O. The third-order valence-electron chi connectivity index (χ3n) is 6.05. The SMILES string of the molecule is Cc1[nH]c(-c2cc(Oc3ccc4nc(Nc5cccc(C(F)(F)F)c5)[nH]c4c3)ccn2)nc1-c1ccccc1. The number of H-pyrrole nitrogens is 2. The molecule has 0 saturated carbocycles. The molecule has 39 heavy (non-hydrogen) atoms. The van der Waals surface area contributed by atoms with E-state index in [1.807, 2.05) is 37.3 Å². The molecule has 0 spiro atoms. The smallest absolute Gasteiger partial charge is 0.416 e. The molecule has 3 heterocycles. The van der Waals surface area contributed by atoms with Crippen molar-refractivity contribution in [1.29, 1.82) is 0 Å². The number of hydrogen-bond acceptors (Lipinski definition) is 5. The topological polar surface area (TPSA) is 91.5 Å². The Morgan fingerprint density at radius 3 is 2.46 bits per heavy atom. The number of imidazole rings is 2. The lowest BCUT2D eigenvalue weighted by Crippen LogP contribution is -2.05. The number of nitrogens with zero attached hydrogens (tertiary/aromatic N) is 3. The standard InChI is InChI=1S/C29H21F3N6O/c1-17-26(18-6-3-2-4-7-18)38-27(34-17)25-16-22(12-13-33-25)39-21-10-11-23-24(15-21)37-28(36-23)35-20-9-5-8-19(14-20)29(30,31)32/h2-16H,1H3,(H,34,38)(H2,35,36,37). The maximum Gasteiger partial charge on any atom is 0.416 e. The number of rotatable bonds is 6. The number of aromatic amines is 2. The molecule has 3 N–H and O–H groups in total. The van der Waals surface area contributed by atoms with E-state index in [0.29, 0.717) is 40.0 Å². The number of ether oxygens (including phenoxy) is 1. The van der Waals surface area contributed by atoms with Gasteiger partial charge in [0, 0.05) is 35.3 Å². The van der Waals surface area contributed by atoms with Crippen molar-refractivity contribution in [3.05, 3.63) is 102 Å². The highest BCUT2D eigenvalue weighted by Gasteiger charge is 2.30. The van der Waals surface area contributed by atoms with Crippen molar-refractivity contribution in [2.24, 2.45) is 0 Å². The summed E-state index contributed by atoms with van der Waals surface area (Å²) in [7, 11) is 0. The average Bonchev–Trinajstić information content (AvgIpc) is 3.51. The average molecular weight is 527 g/mol. The zero-order chi connectivity index (χ0) is 27.0. The first-order valence-electron chi connectivity index (χ1n) is 12.0. The van der Waals surface area contributed by atoms with Crippen molar-refractivity contribution in [2.45, 2.75) is 13.1 Å². The van der Waals surface area contributed by atoms with E-state index in [0.717, 1.165) is 29.1 Å². The summed E-state index contributed by atoms with van der Waals surface area (Å²) < 4.78 is 45.2. The van der Waals surface area contributed by atoms with Crippen LogP contribution in [0.1, 0.15) is 11.3 Å². The van der Waals surface area contributed by atoms with Gasteiger partial charge < -0.3 is 20.0 Å². The first-order chi connectivity index (χ1) is 18.8. The lowest BCUT2D eigenvalue weighted by Gasteiger charge is -2.08. The van der Waals surface area contributed by atoms with Crippen LogP contribution < -0.4 is 10.1 Å². The largest absolute Gasteiger partial charge is 0.457 e. The molecule has 6 rings (SSSR count). The number of benzene rings is 3. The Bertz CT molecular complexity index is 1780. The van der Waals surface area contributed by atoms with Gasteiger partial charge in [-0.2, -0.15) is 13.2 Å². The maximum atomic E-state index is 13.0. The normalized spacial score (nSPS) is 11.6. The molecule has 0 unspecified atom stereocenters. The molecule has 10 heteroatoms. The van der Waals surface area contributed by atoms with Crippen LogP contribution in [0, 0.1) is 6.92 Å². The molecule has 6 aromatic rings. The lowest BCUT2D eigenvalue weighted by atomic mass is 10.1. The second-order valence-corrected chi connectivity index (χ2v) is 8.87. The lowest BCUT2D eigenvalue weighted by molar-refractivity contribution is -0.137. The van der Waals surface area contributed by atoms with Crippen molar-refractivity contribution >= 4 is 22.7 Å². The minimum atomic E-state index is -4.43. The third kappa shape index (κ3) is 5.17. The summed E-state index contributed by atoms with van der Waals surface area (Å²) in [6.07, 6.45) is -2.78. The third-order valence-corrected chi connectivity index (χ3v) is 6.05. The van der Waals surface area contributed by atoms with Crippen molar-refractivity contribution in [3.63, 3.8) is 0 Å². The van der Waals surface area contributed by atoms with Crippen LogP contribution in [0.2, 0.25) is 0 Å². The summed E-state index contributed by atoms with van der Waals surface area (Å²) in [5.74, 6) is 2.06. The Labute approximate surface area is 220 Å². The fourth-order valence-corrected chi connectivity index (χ4v) is 4.22. The number of pyridine rings is 1. The molecule has 3 aromatic heterocycles. The molecule has 0 radical (unpaired) electrons. The quantitative estimate of drug-likeness (QED) is 0.205. The number of aromatic nitrogens is 5. The molecule has 0 fully saturated rings. The number of alkyl halides is 3. The molecule has 0 amide bonds. The molecule has 0 aliphatic heterocycles. The van der Waals surface area contributed by atoms with E-state index in [-0.39, 0.29) is 5.69 Å². The Hall–Kier alpha value is -5.12. The van der Waals surface area contributed by atoms with E-state index >= 15 is 0 Å². The number of nitrogens with one attached hydrogen (secondary N) is 3. The van der Waals surface area contributed by atoms with Crippen LogP contribution in [0.15, 0.2) is 91.1 Å². The Balaban J connectivity index is 1.21. The number of fused-ring (bicyclic) bond motifs is 1. The fraction of sp³-hybridized carbons (Fsp3) is 0.0690. The van der Waals surface area contributed by atoms with Crippen LogP contribution in [0.25, 0.3) is 33.8 Å². The highest BCUT2D eigenvalue weighted by atomic mass is 19.4. The van der Waals surface area contributed by atoms with E-state index in [1.165, 1.54) is 6.07 Å². The summed E-state index contributed by atoms with van der Waals surface area (Å²) in [6.45, 7) is 1.97. The molecule has 0 bridgehead atoms. The summed E-state index contributed by atoms with van der Waals surface area (Å²) in [4.78, 5) is 20.0. The van der Waals surface area contributed by atoms with Gasteiger partial charge in [-0.15, -0.1) is 0 Å². The van der Waals surface area contributed by atoms with Gasteiger partial charge in [0.25, 0.3) is 0 Å². The summed E-state index contributed by atoms with van der Waals surface area (Å²) in [5.41, 5.74) is 4.26. The second-order valence-electron chi connectivity index (χ2n) is 8.87. The molecule has 7 nitrogen and oxygen atoms in total. The molecular weight excluding hydrogens is 505 g/mol. The van der Waals surface area contributed by atoms with Gasteiger partial charge in [0.15, 0.2) is 5.82 Å². The number of aryl methyl sites for hydroxylation is 1.